The normalized spacial score (nSPS) is 16.3. The summed E-state index contributed by atoms with van der Waals surface area (Å²) in [5.41, 5.74) is 2.84. The molecule has 0 saturated carbocycles. The molecule has 0 radical (unpaired) electrons. The van der Waals surface area contributed by atoms with Gasteiger partial charge in [-0.1, -0.05) is 19.1 Å². The fraction of sp³-hybridized carbons (Fsp3) is 0.375. The van der Waals surface area contributed by atoms with E-state index in [0.717, 1.165) is 35.0 Å². The van der Waals surface area contributed by atoms with Gasteiger partial charge in [0.2, 0.25) is 5.91 Å². The van der Waals surface area contributed by atoms with E-state index in [1.165, 1.54) is 0 Å². The maximum Gasteiger partial charge on any atom is 0.227 e. The lowest BCUT2D eigenvalue weighted by Gasteiger charge is -2.31. The van der Waals surface area contributed by atoms with E-state index >= 15 is 0 Å². The first-order valence-electron chi connectivity index (χ1n) is 7.17. The van der Waals surface area contributed by atoms with Gasteiger partial charge >= 0.3 is 0 Å². The quantitative estimate of drug-likeness (QED) is 0.913. The van der Waals surface area contributed by atoms with Crippen LogP contribution in [0.15, 0.2) is 29.6 Å². The van der Waals surface area contributed by atoms with Crippen LogP contribution in [0.25, 0.3) is 11.3 Å². The molecule has 1 saturated heterocycles. The number of anilines is 1. The Morgan fingerprint density at radius 3 is 2.90 bits per heavy atom. The fourth-order valence-electron chi connectivity index (χ4n) is 2.39. The zero-order chi connectivity index (χ0) is 14.8. The number of carbonyl (C=O) groups is 1. The second kappa shape index (κ2) is 5.95. The minimum atomic E-state index is 0.0384. The highest BCUT2D eigenvalue weighted by Crippen LogP contribution is 2.25. The molecule has 0 spiro atoms. The number of benzene rings is 1. The molecule has 4 nitrogen and oxygen atoms in total. The smallest absolute Gasteiger partial charge is 0.227 e. The minimum absolute atomic E-state index is 0.0384. The molecule has 0 bridgehead atoms. The average molecular weight is 301 g/mol. The first-order valence-corrected chi connectivity index (χ1v) is 8.05. The van der Waals surface area contributed by atoms with E-state index in [2.05, 4.69) is 15.6 Å². The van der Waals surface area contributed by atoms with Crippen LogP contribution >= 0.6 is 11.3 Å². The van der Waals surface area contributed by atoms with Gasteiger partial charge in [-0.05, 0) is 38.1 Å². The Hall–Kier alpha value is -1.72. The molecular weight excluding hydrogens is 282 g/mol. The largest absolute Gasteiger partial charge is 0.326 e. The molecule has 1 aromatic carbocycles. The van der Waals surface area contributed by atoms with E-state index in [0.29, 0.717) is 5.92 Å². The summed E-state index contributed by atoms with van der Waals surface area (Å²) in [6, 6.07) is 7.88. The van der Waals surface area contributed by atoms with E-state index in [-0.39, 0.29) is 11.8 Å². The summed E-state index contributed by atoms with van der Waals surface area (Å²) in [4.78, 5) is 16.7. The number of hydrogen-bond acceptors (Lipinski definition) is 4. The molecule has 1 aliphatic rings. The van der Waals surface area contributed by atoms with Gasteiger partial charge in [0.25, 0.3) is 0 Å². The molecule has 2 aromatic rings. The molecule has 1 fully saturated rings. The number of carbonyl (C=O) groups excluding carboxylic acids is 1. The van der Waals surface area contributed by atoms with Crippen molar-refractivity contribution in [2.24, 2.45) is 11.8 Å². The lowest BCUT2D eigenvalue weighted by Crippen LogP contribution is -2.48. The fourth-order valence-corrected chi connectivity index (χ4v) is 3.01. The summed E-state index contributed by atoms with van der Waals surface area (Å²) in [6.45, 7) is 5.86. The van der Waals surface area contributed by atoms with Crippen LogP contribution in [-0.2, 0) is 4.79 Å². The first kappa shape index (κ1) is 14.2. The zero-order valence-corrected chi connectivity index (χ0v) is 13.0. The summed E-state index contributed by atoms with van der Waals surface area (Å²) >= 11 is 1.63. The number of aryl methyl sites for hydroxylation is 1. The Labute approximate surface area is 128 Å². The molecule has 1 aliphatic heterocycles. The van der Waals surface area contributed by atoms with Crippen molar-refractivity contribution in [3.8, 4) is 11.3 Å². The van der Waals surface area contributed by atoms with Crippen molar-refractivity contribution in [1.29, 1.82) is 0 Å². The molecule has 2 heterocycles. The summed E-state index contributed by atoms with van der Waals surface area (Å²) in [5, 5.41) is 9.31. The van der Waals surface area contributed by atoms with E-state index in [4.69, 9.17) is 0 Å². The monoisotopic (exact) mass is 301 g/mol. The van der Waals surface area contributed by atoms with Crippen molar-refractivity contribution in [3.05, 3.63) is 34.7 Å². The molecule has 5 heteroatoms. The van der Waals surface area contributed by atoms with Gasteiger partial charge in [0.05, 0.1) is 10.7 Å². The third-order valence-electron chi connectivity index (χ3n) is 3.98. The predicted molar refractivity (Wildman–Crippen MR) is 86.4 cm³/mol. The van der Waals surface area contributed by atoms with Crippen LogP contribution in [0.4, 0.5) is 5.69 Å². The first-order chi connectivity index (χ1) is 10.1. The Bertz CT molecular complexity index is 648. The van der Waals surface area contributed by atoms with Crippen LogP contribution in [0.1, 0.15) is 11.9 Å². The van der Waals surface area contributed by atoms with E-state index in [1.807, 2.05) is 43.5 Å². The maximum absolute atomic E-state index is 12.2. The number of rotatable bonds is 4. The molecule has 1 atom stereocenters. The third-order valence-corrected chi connectivity index (χ3v) is 4.75. The van der Waals surface area contributed by atoms with Gasteiger partial charge < -0.3 is 10.6 Å². The van der Waals surface area contributed by atoms with Crippen LogP contribution in [0, 0.1) is 18.8 Å². The van der Waals surface area contributed by atoms with Crippen LogP contribution in [0.3, 0.4) is 0 Å². The SMILES string of the molecule is Cc1nc(-c2cccc(NC(=O)C(C)C3CNC3)c2)cs1. The highest BCUT2D eigenvalue weighted by molar-refractivity contribution is 7.09. The number of hydrogen-bond donors (Lipinski definition) is 2. The van der Waals surface area contributed by atoms with Crippen LogP contribution in [0.5, 0.6) is 0 Å². The summed E-state index contributed by atoms with van der Waals surface area (Å²) < 4.78 is 0. The third kappa shape index (κ3) is 3.14. The molecule has 3 rings (SSSR count). The molecule has 1 amide bonds. The molecule has 1 unspecified atom stereocenters. The van der Waals surface area contributed by atoms with Crippen molar-refractivity contribution >= 4 is 22.9 Å². The molecule has 21 heavy (non-hydrogen) atoms. The van der Waals surface area contributed by atoms with Gasteiger partial charge in [-0.2, -0.15) is 0 Å². The van der Waals surface area contributed by atoms with Gasteiger partial charge in [-0.15, -0.1) is 11.3 Å². The van der Waals surface area contributed by atoms with Gasteiger partial charge in [-0.3, -0.25) is 4.79 Å². The van der Waals surface area contributed by atoms with E-state index in [1.54, 1.807) is 11.3 Å². The second-order valence-electron chi connectivity index (χ2n) is 5.53. The Kier molecular flexibility index (Phi) is 4.03. The molecular formula is C16H19N3OS. The average Bonchev–Trinajstić information content (AvgIpc) is 2.84. The maximum atomic E-state index is 12.2. The van der Waals surface area contributed by atoms with E-state index in [9.17, 15) is 4.79 Å². The van der Waals surface area contributed by atoms with Crippen molar-refractivity contribution in [3.63, 3.8) is 0 Å². The van der Waals surface area contributed by atoms with Gasteiger partial charge in [0, 0.05) is 22.5 Å². The molecule has 2 N–H and O–H groups in total. The second-order valence-corrected chi connectivity index (χ2v) is 6.59. The number of thiazole rings is 1. The van der Waals surface area contributed by atoms with Crippen molar-refractivity contribution in [2.45, 2.75) is 13.8 Å². The number of nitrogens with one attached hydrogen (secondary N) is 2. The van der Waals surface area contributed by atoms with Gasteiger partial charge in [-0.25, -0.2) is 4.98 Å². The van der Waals surface area contributed by atoms with Crippen LogP contribution < -0.4 is 10.6 Å². The summed E-state index contributed by atoms with van der Waals surface area (Å²) in [7, 11) is 0. The van der Waals surface area contributed by atoms with Crippen LogP contribution in [-0.4, -0.2) is 24.0 Å². The summed E-state index contributed by atoms with van der Waals surface area (Å²) in [5.74, 6) is 0.582. The highest BCUT2D eigenvalue weighted by atomic mass is 32.1. The van der Waals surface area contributed by atoms with Crippen molar-refractivity contribution in [1.82, 2.24) is 10.3 Å². The Balaban J connectivity index is 1.72. The topological polar surface area (TPSA) is 54.0 Å². The van der Waals surface area contributed by atoms with Crippen LogP contribution in [0.2, 0.25) is 0 Å². The number of amides is 1. The Morgan fingerprint density at radius 2 is 2.29 bits per heavy atom. The molecule has 0 aliphatic carbocycles. The number of nitrogens with zero attached hydrogens (tertiary/aromatic N) is 1. The van der Waals surface area contributed by atoms with Crippen molar-refractivity contribution < 1.29 is 4.79 Å². The number of aromatic nitrogens is 1. The zero-order valence-electron chi connectivity index (χ0n) is 12.2. The lowest BCUT2D eigenvalue weighted by molar-refractivity contribution is -0.121. The van der Waals surface area contributed by atoms with Gasteiger partial charge in [0.1, 0.15) is 0 Å². The predicted octanol–water partition coefficient (Wildman–Crippen LogP) is 2.91. The van der Waals surface area contributed by atoms with Crippen molar-refractivity contribution in [2.75, 3.05) is 18.4 Å². The Morgan fingerprint density at radius 1 is 1.48 bits per heavy atom. The standard InChI is InChI=1S/C16H19N3OS/c1-10(13-7-17-8-13)16(20)19-14-5-3-4-12(6-14)15-9-21-11(2)18-15/h3-6,9-10,13,17H,7-8H2,1-2H3,(H,19,20). The molecule has 1 aromatic heterocycles. The summed E-state index contributed by atoms with van der Waals surface area (Å²) in [6.07, 6.45) is 0. The lowest BCUT2D eigenvalue weighted by atomic mass is 9.88. The van der Waals surface area contributed by atoms with E-state index < -0.39 is 0 Å². The van der Waals surface area contributed by atoms with Gasteiger partial charge in [0.15, 0.2) is 0 Å². The minimum Gasteiger partial charge on any atom is -0.326 e. The molecule has 110 valence electrons. The highest BCUT2D eigenvalue weighted by Gasteiger charge is 2.28.